The van der Waals surface area contributed by atoms with E-state index in [1.165, 1.54) is 0 Å². The first-order chi connectivity index (χ1) is 7.59. The summed E-state index contributed by atoms with van der Waals surface area (Å²) < 4.78 is 6.53. The van der Waals surface area contributed by atoms with Crippen LogP contribution in [-0.2, 0) is 4.79 Å². The largest absolute Gasteiger partial charge is 0.493 e. The molecule has 1 aliphatic rings. The molecule has 1 aliphatic heterocycles. The van der Waals surface area contributed by atoms with Crippen molar-refractivity contribution in [1.29, 1.82) is 0 Å². The maximum atomic E-state index is 11.2. The summed E-state index contributed by atoms with van der Waals surface area (Å²) in [6.45, 7) is 2.53. The molecular weight excluding hydrogens is 272 g/mol. The van der Waals surface area contributed by atoms with Crippen molar-refractivity contribution >= 4 is 21.9 Å². The minimum absolute atomic E-state index is 0.450. The van der Waals surface area contributed by atoms with Gasteiger partial charge in [-0.25, -0.2) is 0 Å². The van der Waals surface area contributed by atoms with Crippen LogP contribution in [0.5, 0.6) is 5.75 Å². The van der Waals surface area contributed by atoms with E-state index < -0.39 is 11.9 Å². The molecule has 0 spiro atoms. The topological polar surface area (TPSA) is 46.5 Å². The summed E-state index contributed by atoms with van der Waals surface area (Å²) in [6, 6.07) is 3.80. The summed E-state index contributed by atoms with van der Waals surface area (Å²) >= 11 is 3.39. The summed E-state index contributed by atoms with van der Waals surface area (Å²) in [5.74, 6) is -0.481. The molecule has 0 amide bonds. The number of carboxylic acid groups (broad SMARTS) is 1. The lowest BCUT2D eigenvalue weighted by atomic mass is 9.93. The highest BCUT2D eigenvalue weighted by Gasteiger charge is 2.27. The highest BCUT2D eigenvalue weighted by atomic mass is 79.9. The summed E-state index contributed by atoms with van der Waals surface area (Å²) in [5.41, 5.74) is 1.77. The van der Waals surface area contributed by atoms with Crippen LogP contribution in [0.2, 0.25) is 0 Å². The molecule has 1 aromatic rings. The molecule has 0 aliphatic carbocycles. The van der Waals surface area contributed by atoms with Gasteiger partial charge >= 0.3 is 5.97 Å². The van der Waals surface area contributed by atoms with Gasteiger partial charge in [0.2, 0.25) is 0 Å². The van der Waals surface area contributed by atoms with Crippen LogP contribution >= 0.6 is 15.9 Å². The van der Waals surface area contributed by atoms with E-state index in [1.54, 1.807) is 0 Å². The molecule has 1 unspecified atom stereocenters. The molecule has 3 nitrogen and oxygen atoms in total. The van der Waals surface area contributed by atoms with E-state index in [0.29, 0.717) is 13.0 Å². The normalized spacial score (nSPS) is 19.5. The van der Waals surface area contributed by atoms with Crippen LogP contribution in [0.4, 0.5) is 0 Å². The van der Waals surface area contributed by atoms with Crippen LogP contribution in [0.3, 0.4) is 0 Å². The van der Waals surface area contributed by atoms with Crippen LogP contribution in [0.15, 0.2) is 16.6 Å². The lowest BCUT2D eigenvalue weighted by Crippen LogP contribution is -2.11. The molecule has 1 heterocycles. The van der Waals surface area contributed by atoms with E-state index in [4.69, 9.17) is 4.74 Å². The molecule has 0 aromatic heterocycles. The second-order valence-corrected chi connectivity index (χ2v) is 4.94. The Bertz CT molecular complexity index is 429. The Hall–Kier alpha value is -1.03. The Labute approximate surface area is 103 Å². The summed E-state index contributed by atoms with van der Waals surface area (Å²) in [4.78, 5) is 11.2. The molecule has 0 saturated heterocycles. The van der Waals surface area contributed by atoms with Gasteiger partial charge in [-0.05, 0) is 37.5 Å². The fourth-order valence-electron chi connectivity index (χ4n) is 2.09. The second kappa shape index (κ2) is 4.45. The lowest BCUT2D eigenvalue weighted by molar-refractivity contribution is -0.138. The Balaban J connectivity index is 2.55. The third-order valence-electron chi connectivity index (χ3n) is 2.83. The standard InChI is InChI=1S/C12H13BrO3/c1-7-5-8(13)6-10-9(12(14)15)3-2-4-16-11(7)10/h5-6,9H,2-4H2,1H3,(H,14,15). The molecule has 0 fully saturated rings. The van der Waals surface area contributed by atoms with Gasteiger partial charge in [0, 0.05) is 10.0 Å². The molecule has 0 bridgehead atoms. The molecule has 2 rings (SSSR count). The predicted molar refractivity (Wildman–Crippen MR) is 64.0 cm³/mol. The maximum Gasteiger partial charge on any atom is 0.311 e. The zero-order chi connectivity index (χ0) is 11.7. The van der Waals surface area contributed by atoms with Gasteiger partial charge in [0.25, 0.3) is 0 Å². The van der Waals surface area contributed by atoms with Crippen molar-refractivity contribution in [2.45, 2.75) is 25.7 Å². The van der Waals surface area contributed by atoms with Crippen molar-refractivity contribution in [3.8, 4) is 5.75 Å². The molecule has 1 atom stereocenters. The highest BCUT2D eigenvalue weighted by molar-refractivity contribution is 9.10. The number of halogens is 1. The molecule has 16 heavy (non-hydrogen) atoms. The third kappa shape index (κ3) is 2.07. The van der Waals surface area contributed by atoms with Crippen LogP contribution < -0.4 is 4.74 Å². The van der Waals surface area contributed by atoms with Gasteiger partial charge in [0.1, 0.15) is 5.75 Å². The number of aryl methyl sites for hydroxylation is 1. The number of aliphatic carboxylic acids is 1. The minimum Gasteiger partial charge on any atom is -0.493 e. The number of hydrogen-bond donors (Lipinski definition) is 1. The Morgan fingerprint density at radius 1 is 1.56 bits per heavy atom. The van der Waals surface area contributed by atoms with Gasteiger partial charge in [-0.15, -0.1) is 0 Å². The van der Waals surface area contributed by atoms with Gasteiger partial charge in [-0.1, -0.05) is 15.9 Å². The van der Waals surface area contributed by atoms with E-state index in [-0.39, 0.29) is 0 Å². The molecule has 4 heteroatoms. The minimum atomic E-state index is -0.774. The maximum absolute atomic E-state index is 11.2. The van der Waals surface area contributed by atoms with Crippen molar-refractivity contribution in [3.05, 3.63) is 27.7 Å². The molecule has 86 valence electrons. The van der Waals surface area contributed by atoms with E-state index in [9.17, 15) is 9.90 Å². The number of ether oxygens (including phenoxy) is 1. The summed E-state index contributed by atoms with van der Waals surface area (Å²) in [7, 11) is 0. The Morgan fingerprint density at radius 2 is 2.31 bits per heavy atom. The quantitative estimate of drug-likeness (QED) is 0.862. The SMILES string of the molecule is Cc1cc(Br)cc2c1OCCCC2C(=O)O. The van der Waals surface area contributed by atoms with Gasteiger partial charge < -0.3 is 9.84 Å². The molecule has 1 N–H and O–H groups in total. The Morgan fingerprint density at radius 3 is 3.00 bits per heavy atom. The van der Waals surface area contributed by atoms with Crippen molar-refractivity contribution in [1.82, 2.24) is 0 Å². The molecule has 1 aromatic carbocycles. The van der Waals surface area contributed by atoms with Crippen molar-refractivity contribution < 1.29 is 14.6 Å². The van der Waals surface area contributed by atoms with Crippen LogP contribution in [-0.4, -0.2) is 17.7 Å². The fourth-order valence-corrected chi connectivity index (χ4v) is 2.68. The Kier molecular flexibility index (Phi) is 3.19. The smallest absolute Gasteiger partial charge is 0.311 e. The first-order valence-electron chi connectivity index (χ1n) is 5.25. The van der Waals surface area contributed by atoms with Crippen molar-refractivity contribution in [2.24, 2.45) is 0 Å². The second-order valence-electron chi connectivity index (χ2n) is 4.02. The highest BCUT2D eigenvalue weighted by Crippen LogP contribution is 2.37. The predicted octanol–water partition coefficient (Wildman–Crippen LogP) is 3.10. The van der Waals surface area contributed by atoms with Gasteiger partial charge in [0.05, 0.1) is 12.5 Å². The molecule has 0 saturated carbocycles. The molecule has 0 radical (unpaired) electrons. The van der Waals surface area contributed by atoms with Crippen LogP contribution in [0.25, 0.3) is 0 Å². The van der Waals surface area contributed by atoms with Crippen LogP contribution in [0, 0.1) is 6.92 Å². The number of benzene rings is 1. The number of rotatable bonds is 1. The van der Waals surface area contributed by atoms with E-state index in [0.717, 1.165) is 27.8 Å². The zero-order valence-electron chi connectivity index (χ0n) is 9.00. The van der Waals surface area contributed by atoms with Gasteiger partial charge in [-0.3, -0.25) is 4.79 Å². The van der Waals surface area contributed by atoms with Crippen molar-refractivity contribution in [3.63, 3.8) is 0 Å². The number of hydrogen-bond acceptors (Lipinski definition) is 2. The van der Waals surface area contributed by atoms with E-state index >= 15 is 0 Å². The van der Waals surface area contributed by atoms with E-state index in [1.807, 2.05) is 19.1 Å². The van der Waals surface area contributed by atoms with Gasteiger partial charge in [-0.2, -0.15) is 0 Å². The zero-order valence-corrected chi connectivity index (χ0v) is 10.6. The van der Waals surface area contributed by atoms with Crippen molar-refractivity contribution in [2.75, 3.05) is 6.61 Å². The van der Waals surface area contributed by atoms with Gasteiger partial charge in [0.15, 0.2) is 0 Å². The average Bonchev–Trinajstić information content (AvgIpc) is 2.39. The first-order valence-corrected chi connectivity index (χ1v) is 6.04. The number of carbonyl (C=O) groups is 1. The van der Waals surface area contributed by atoms with Crippen LogP contribution in [0.1, 0.15) is 29.9 Å². The van der Waals surface area contributed by atoms with E-state index in [2.05, 4.69) is 15.9 Å². The fraction of sp³-hybridized carbons (Fsp3) is 0.417. The summed E-state index contributed by atoms with van der Waals surface area (Å²) in [5, 5.41) is 9.22. The first kappa shape index (κ1) is 11.5. The number of fused-ring (bicyclic) bond motifs is 1. The summed E-state index contributed by atoms with van der Waals surface area (Å²) in [6.07, 6.45) is 1.42. The lowest BCUT2D eigenvalue weighted by Gasteiger charge is -2.14. The molecular formula is C12H13BrO3. The number of carboxylic acids is 1. The third-order valence-corrected chi connectivity index (χ3v) is 3.28. The average molecular weight is 285 g/mol. The monoisotopic (exact) mass is 284 g/mol.